The van der Waals surface area contributed by atoms with Crippen LogP contribution in [0.25, 0.3) is 0 Å². The third-order valence-electron chi connectivity index (χ3n) is 4.68. The molecular formula is C18H25NO3. The van der Waals surface area contributed by atoms with Crippen molar-refractivity contribution in [1.29, 1.82) is 0 Å². The van der Waals surface area contributed by atoms with Gasteiger partial charge < -0.3 is 14.8 Å². The van der Waals surface area contributed by atoms with E-state index in [0.717, 1.165) is 25.0 Å². The van der Waals surface area contributed by atoms with Crippen LogP contribution in [-0.4, -0.2) is 30.8 Å². The molecule has 0 radical (unpaired) electrons. The van der Waals surface area contributed by atoms with Gasteiger partial charge in [-0.25, -0.2) is 0 Å². The monoisotopic (exact) mass is 303 g/mol. The smallest absolute Gasteiger partial charge is 0.223 e. The summed E-state index contributed by atoms with van der Waals surface area (Å²) in [6.07, 6.45) is 7.49. The van der Waals surface area contributed by atoms with E-state index >= 15 is 0 Å². The number of nitrogens with one attached hydrogen (secondary N) is 1. The molecule has 1 aliphatic heterocycles. The van der Waals surface area contributed by atoms with Gasteiger partial charge in [-0.05, 0) is 31.4 Å². The number of amides is 1. The number of ether oxygens (including phenoxy) is 2. The summed E-state index contributed by atoms with van der Waals surface area (Å²) in [6, 6.07) is 9.76. The number of carbonyl (C=O) groups excluding carboxylic acids is 1. The SMILES string of the molecule is O=C(CCOc1ccccc1)N[C@H]1COC2(CCCCC2)C1. The Balaban J connectivity index is 1.37. The molecule has 1 heterocycles. The normalized spacial score (nSPS) is 23.4. The summed E-state index contributed by atoms with van der Waals surface area (Å²) in [7, 11) is 0. The molecule has 1 saturated carbocycles. The van der Waals surface area contributed by atoms with Crippen LogP contribution in [0.3, 0.4) is 0 Å². The fraction of sp³-hybridized carbons (Fsp3) is 0.611. The van der Waals surface area contributed by atoms with E-state index < -0.39 is 0 Å². The number of para-hydroxylation sites is 1. The van der Waals surface area contributed by atoms with Crippen LogP contribution < -0.4 is 10.1 Å². The van der Waals surface area contributed by atoms with Gasteiger partial charge in [0.1, 0.15) is 5.75 Å². The summed E-state index contributed by atoms with van der Waals surface area (Å²) < 4.78 is 11.6. The third kappa shape index (κ3) is 4.01. The molecule has 4 heteroatoms. The summed E-state index contributed by atoms with van der Waals surface area (Å²) in [4.78, 5) is 12.0. The maximum absolute atomic E-state index is 12.0. The first-order chi connectivity index (χ1) is 10.8. The quantitative estimate of drug-likeness (QED) is 0.909. The zero-order valence-corrected chi connectivity index (χ0v) is 13.1. The molecule has 120 valence electrons. The molecule has 1 amide bonds. The maximum atomic E-state index is 12.0. The van der Waals surface area contributed by atoms with Gasteiger partial charge >= 0.3 is 0 Å². The summed E-state index contributed by atoms with van der Waals surface area (Å²) in [6.45, 7) is 1.07. The average Bonchev–Trinajstić information content (AvgIpc) is 2.91. The predicted octanol–water partition coefficient (Wildman–Crippen LogP) is 3.06. The first-order valence-electron chi connectivity index (χ1n) is 8.37. The van der Waals surface area contributed by atoms with Crippen LogP contribution in [0.5, 0.6) is 5.75 Å². The Morgan fingerprint density at radius 2 is 2.00 bits per heavy atom. The molecule has 1 N–H and O–H groups in total. The lowest BCUT2D eigenvalue weighted by Crippen LogP contribution is -2.37. The molecule has 1 aromatic rings. The molecule has 1 aliphatic carbocycles. The molecule has 0 unspecified atom stereocenters. The highest BCUT2D eigenvalue weighted by molar-refractivity contribution is 5.76. The number of benzene rings is 1. The molecule has 1 aromatic carbocycles. The Kier molecular flexibility index (Phi) is 4.98. The van der Waals surface area contributed by atoms with Gasteiger partial charge in [0, 0.05) is 0 Å². The molecular weight excluding hydrogens is 278 g/mol. The number of hydrogen-bond donors (Lipinski definition) is 1. The van der Waals surface area contributed by atoms with Crippen molar-refractivity contribution in [2.75, 3.05) is 13.2 Å². The van der Waals surface area contributed by atoms with Gasteiger partial charge in [0.05, 0.1) is 31.3 Å². The first kappa shape index (κ1) is 15.3. The van der Waals surface area contributed by atoms with Gasteiger partial charge in [0.2, 0.25) is 5.91 Å². The lowest BCUT2D eigenvalue weighted by atomic mass is 9.82. The molecule has 2 aliphatic rings. The first-order valence-corrected chi connectivity index (χ1v) is 8.37. The second-order valence-corrected chi connectivity index (χ2v) is 6.43. The van der Waals surface area contributed by atoms with Crippen molar-refractivity contribution in [1.82, 2.24) is 5.32 Å². The van der Waals surface area contributed by atoms with Crippen molar-refractivity contribution in [3.05, 3.63) is 30.3 Å². The Morgan fingerprint density at radius 3 is 2.77 bits per heavy atom. The molecule has 0 aromatic heterocycles. The van der Waals surface area contributed by atoms with E-state index in [4.69, 9.17) is 9.47 Å². The minimum Gasteiger partial charge on any atom is -0.493 e. The highest BCUT2D eigenvalue weighted by Crippen LogP contribution is 2.39. The van der Waals surface area contributed by atoms with Crippen molar-refractivity contribution in [3.8, 4) is 5.75 Å². The van der Waals surface area contributed by atoms with Crippen LogP contribution in [0.4, 0.5) is 0 Å². The van der Waals surface area contributed by atoms with Gasteiger partial charge in [-0.15, -0.1) is 0 Å². The van der Waals surface area contributed by atoms with Gasteiger partial charge in [0.15, 0.2) is 0 Å². The minimum atomic E-state index is 0.0523. The molecule has 1 saturated heterocycles. The largest absolute Gasteiger partial charge is 0.493 e. The van der Waals surface area contributed by atoms with Gasteiger partial charge in [-0.1, -0.05) is 37.5 Å². The average molecular weight is 303 g/mol. The lowest BCUT2D eigenvalue weighted by Gasteiger charge is -2.32. The standard InChI is InChI=1S/C18H25NO3/c20-17(9-12-21-16-7-3-1-4-8-16)19-15-13-18(22-14-15)10-5-2-6-11-18/h1,3-4,7-8,15H,2,5-6,9-14H2,(H,19,20)/t15-/m1/s1. The third-order valence-corrected chi connectivity index (χ3v) is 4.68. The Labute approximate surface area is 132 Å². The second kappa shape index (κ2) is 7.14. The van der Waals surface area contributed by atoms with Crippen molar-refractivity contribution in [2.45, 2.75) is 56.6 Å². The van der Waals surface area contributed by atoms with Crippen molar-refractivity contribution >= 4 is 5.91 Å². The minimum absolute atomic E-state index is 0.0523. The molecule has 4 nitrogen and oxygen atoms in total. The molecule has 0 bridgehead atoms. The van der Waals surface area contributed by atoms with Crippen molar-refractivity contribution in [2.24, 2.45) is 0 Å². The molecule has 1 atom stereocenters. The molecule has 2 fully saturated rings. The summed E-state index contributed by atoms with van der Waals surface area (Å²) in [5.74, 6) is 0.859. The van der Waals surface area contributed by atoms with Crippen LogP contribution in [0.15, 0.2) is 30.3 Å². The van der Waals surface area contributed by atoms with E-state index in [-0.39, 0.29) is 17.6 Å². The second-order valence-electron chi connectivity index (χ2n) is 6.43. The highest BCUT2D eigenvalue weighted by Gasteiger charge is 2.41. The predicted molar refractivity (Wildman–Crippen MR) is 84.9 cm³/mol. The fourth-order valence-corrected chi connectivity index (χ4v) is 3.56. The van der Waals surface area contributed by atoms with Crippen LogP contribution in [-0.2, 0) is 9.53 Å². The van der Waals surface area contributed by atoms with Gasteiger partial charge in [-0.2, -0.15) is 0 Å². The Hall–Kier alpha value is -1.55. The van der Waals surface area contributed by atoms with E-state index in [0.29, 0.717) is 19.6 Å². The zero-order valence-electron chi connectivity index (χ0n) is 13.1. The molecule has 1 spiro atoms. The summed E-state index contributed by atoms with van der Waals surface area (Å²) in [5, 5.41) is 3.09. The molecule has 22 heavy (non-hydrogen) atoms. The van der Waals surface area contributed by atoms with E-state index in [1.54, 1.807) is 0 Å². The van der Waals surface area contributed by atoms with Crippen molar-refractivity contribution in [3.63, 3.8) is 0 Å². The topological polar surface area (TPSA) is 47.6 Å². The fourth-order valence-electron chi connectivity index (χ4n) is 3.56. The van der Waals surface area contributed by atoms with Crippen molar-refractivity contribution < 1.29 is 14.3 Å². The van der Waals surface area contributed by atoms with Crippen LogP contribution in [0.2, 0.25) is 0 Å². The number of carbonyl (C=O) groups is 1. The number of rotatable bonds is 5. The van der Waals surface area contributed by atoms with Crippen LogP contribution >= 0.6 is 0 Å². The van der Waals surface area contributed by atoms with E-state index in [2.05, 4.69) is 5.32 Å². The van der Waals surface area contributed by atoms with Gasteiger partial charge in [0.25, 0.3) is 0 Å². The van der Waals surface area contributed by atoms with Crippen LogP contribution in [0, 0.1) is 0 Å². The molecule has 3 rings (SSSR count). The lowest BCUT2D eigenvalue weighted by molar-refractivity contribution is -0.122. The Bertz CT molecular complexity index is 482. The van der Waals surface area contributed by atoms with E-state index in [9.17, 15) is 4.79 Å². The highest BCUT2D eigenvalue weighted by atomic mass is 16.5. The summed E-state index contributed by atoms with van der Waals surface area (Å²) in [5.41, 5.74) is 0.0523. The Morgan fingerprint density at radius 1 is 1.23 bits per heavy atom. The van der Waals surface area contributed by atoms with E-state index in [1.165, 1.54) is 19.3 Å². The number of hydrogen-bond acceptors (Lipinski definition) is 3. The zero-order chi connectivity index (χ0) is 15.3. The summed E-state index contributed by atoms with van der Waals surface area (Å²) >= 11 is 0. The van der Waals surface area contributed by atoms with Gasteiger partial charge in [-0.3, -0.25) is 4.79 Å². The maximum Gasteiger partial charge on any atom is 0.223 e. The van der Waals surface area contributed by atoms with Crippen LogP contribution in [0.1, 0.15) is 44.9 Å². The van der Waals surface area contributed by atoms with E-state index in [1.807, 2.05) is 30.3 Å².